The number of rotatable bonds is 4. The second-order valence-electron chi connectivity index (χ2n) is 6.44. The molecule has 0 fully saturated rings. The summed E-state index contributed by atoms with van der Waals surface area (Å²) in [6.45, 7) is 6.34. The molecular weight excluding hydrogens is 320 g/mol. The van der Waals surface area contributed by atoms with Crippen molar-refractivity contribution in [1.29, 1.82) is 0 Å². The summed E-state index contributed by atoms with van der Waals surface area (Å²) < 4.78 is 11.2. The molecule has 2 aliphatic rings. The van der Waals surface area contributed by atoms with Crippen LogP contribution in [-0.4, -0.2) is 24.5 Å². The minimum Gasteiger partial charge on any atom is -0.498 e. The highest BCUT2D eigenvalue weighted by atomic mass is 16.5. The average Bonchev–Trinajstić information content (AvgIpc) is 2.60. The zero-order valence-electron chi connectivity index (χ0n) is 14.8. The molecule has 1 aromatic rings. The van der Waals surface area contributed by atoms with E-state index in [1.54, 1.807) is 0 Å². The van der Waals surface area contributed by atoms with Crippen LogP contribution in [0.4, 0.5) is 5.69 Å². The van der Waals surface area contributed by atoms with Gasteiger partial charge in [0.25, 0.3) is 11.8 Å². The molecule has 2 aliphatic heterocycles. The standard InChI is InChI=1S/C19H24N2O4/c1-4-16-19(23)21-15-8-7-13(10-17(15)25-16)11(2)20-18(22)14-6-5-9-24-12(14)3/h7-8,10-11,16H,4-6,9H2,1-3H3,(H,20,22)(H,21,23)/t11-,16-/m0/s1. The van der Waals surface area contributed by atoms with Crippen molar-refractivity contribution in [2.24, 2.45) is 0 Å². The van der Waals surface area contributed by atoms with Gasteiger partial charge in [0.1, 0.15) is 11.5 Å². The zero-order valence-corrected chi connectivity index (χ0v) is 14.8. The van der Waals surface area contributed by atoms with Gasteiger partial charge in [0, 0.05) is 0 Å². The molecule has 6 nitrogen and oxygen atoms in total. The van der Waals surface area contributed by atoms with Crippen LogP contribution in [0.2, 0.25) is 0 Å². The minimum absolute atomic E-state index is 0.0944. The maximum atomic E-state index is 12.5. The summed E-state index contributed by atoms with van der Waals surface area (Å²) in [7, 11) is 0. The highest BCUT2D eigenvalue weighted by Gasteiger charge is 2.27. The molecule has 1 aromatic carbocycles. The van der Waals surface area contributed by atoms with Crippen molar-refractivity contribution < 1.29 is 19.1 Å². The van der Waals surface area contributed by atoms with Gasteiger partial charge in [-0.3, -0.25) is 9.59 Å². The van der Waals surface area contributed by atoms with Crippen LogP contribution < -0.4 is 15.4 Å². The molecule has 0 saturated heterocycles. The molecule has 2 amide bonds. The van der Waals surface area contributed by atoms with E-state index in [0.717, 1.165) is 18.4 Å². The molecule has 6 heteroatoms. The quantitative estimate of drug-likeness (QED) is 0.880. The van der Waals surface area contributed by atoms with Gasteiger partial charge in [-0.25, -0.2) is 0 Å². The Morgan fingerprint density at radius 2 is 2.24 bits per heavy atom. The van der Waals surface area contributed by atoms with Crippen LogP contribution in [0, 0.1) is 0 Å². The maximum absolute atomic E-state index is 12.5. The molecule has 0 saturated carbocycles. The normalized spacial score (nSPS) is 20.8. The Hall–Kier alpha value is -2.50. The first-order valence-corrected chi connectivity index (χ1v) is 8.74. The van der Waals surface area contributed by atoms with E-state index in [0.29, 0.717) is 35.8 Å². The van der Waals surface area contributed by atoms with E-state index in [4.69, 9.17) is 9.47 Å². The summed E-state index contributed by atoms with van der Waals surface area (Å²) in [6.07, 6.45) is 1.73. The van der Waals surface area contributed by atoms with Gasteiger partial charge in [-0.1, -0.05) is 13.0 Å². The number of hydrogen-bond donors (Lipinski definition) is 2. The summed E-state index contributed by atoms with van der Waals surface area (Å²) in [6, 6.07) is 5.39. The van der Waals surface area contributed by atoms with Crippen LogP contribution >= 0.6 is 0 Å². The van der Waals surface area contributed by atoms with Crippen LogP contribution in [0.1, 0.15) is 51.6 Å². The number of carbonyl (C=O) groups excluding carboxylic acids is 2. The lowest BCUT2D eigenvalue weighted by Crippen LogP contribution is -2.36. The number of benzene rings is 1. The Morgan fingerprint density at radius 3 is 2.96 bits per heavy atom. The molecule has 0 unspecified atom stereocenters. The summed E-state index contributed by atoms with van der Waals surface area (Å²) in [5.41, 5.74) is 2.30. The van der Waals surface area contributed by atoms with E-state index in [1.807, 2.05) is 39.0 Å². The maximum Gasteiger partial charge on any atom is 0.265 e. The van der Waals surface area contributed by atoms with E-state index >= 15 is 0 Å². The lowest BCUT2D eigenvalue weighted by molar-refractivity contribution is -0.123. The molecule has 0 spiro atoms. The molecule has 0 aliphatic carbocycles. The fraction of sp³-hybridized carbons (Fsp3) is 0.474. The van der Waals surface area contributed by atoms with Crippen LogP contribution in [0.15, 0.2) is 29.5 Å². The SMILES string of the molecule is CC[C@@H]1Oc2cc([C@H](C)NC(=O)C3=C(C)OCCC3)ccc2NC1=O. The summed E-state index contributed by atoms with van der Waals surface area (Å²) >= 11 is 0. The summed E-state index contributed by atoms with van der Waals surface area (Å²) in [5, 5.41) is 5.87. The van der Waals surface area contributed by atoms with Crippen molar-refractivity contribution in [1.82, 2.24) is 5.32 Å². The molecule has 2 heterocycles. The number of carbonyl (C=O) groups is 2. The Bertz CT molecular complexity index is 726. The molecule has 0 bridgehead atoms. The Balaban J connectivity index is 1.74. The number of amides is 2. The van der Waals surface area contributed by atoms with E-state index in [9.17, 15) is 9.59 Å². The van der Waals surface area contributed by atoms with Crippen molar-refractivity contribution in [2.45, 2.75) is 52.2 Å². The molecule has 2 N–H and O–H groups in total. The first-order valence-electron chi connectivity index (χ1n) is 8.74. The second-order valence-corrected chi connectivity index (χ2v) is 6.44. The predicted molar refractivity (Wildman–Crippen MR) is 94.2 cm³/mol. The summed E-state index contributed by atoms with van der Waals surface area (Å²) in [5.74, 6) is 1.13. The third-order valence-corrected chi connectivity index (χ3v) is 4.63. The Labute approximate surface area is 147 Å². The highest BCUT2D eigenvalue weighted by Crippen LogP contribution is 2.33. The smallest absolute Gasteiger partial charge is 0.265 e. The van der Waals surface area contributed by atoms with Gasteiger partial charge < -0.3 is 20.1 Å². The van der Waals surface area contributed by atoms with Gasteiger partial charge in [0.05, 0.1) is 23.9 Å². The van der Waals surface area contributed by atoms with Crippen molar-refractivity contribution in [3.8, 4) is 5.75 Å². The van der Waals surface area contributed by atoms with Gasteiger partial charge in [0.15, 0.2) is 6.10 Å². The predicted octanol–water partition coefficient (Wildman–Crippen LogP) is 3.06. The van der Waals surface area contributed by atoms with Gasteiger partial charge >= 0.3 is 0 Å². The number of hydrogen-bond acceptors (Lipinski definition) is 4. The largest absolute Gasteiger partial charge is 0.498 e. The minimum atomic E-state index is -0.472. The van der Waals surface area contributed by atoms with E-state index in [-0.39, 0.29) is 17.9 Å². The van der Waals surface area contributed by atoms with E-state index in [1.165, 1.54) is 0 Å². The molecular formula is C19H24N2O4. The fourth-order valence-corrected chi connectivity index (χ4v) is 3.08. The topological polar surface area (TPSA) is 76.7 Å². The van der Waals surface area contributed by atoms with Crippen LogP contribution in [0.25, 0.3) is 0 Å². The van der Waals surface area contributed by atoms with Gasteiger partial charge in [-0.2, -0.15) is 0 Å². The van der Waals surface area contributed by atoms with Gasteiger partial charge in [-0.15, -0.1) is 0 Å². The number of ether oxygens (including phenoxy) is 2. The van der Waals surface area contributed by atoms with Crippen LogP contribution in [0.5, 0.6) is 5.75 Å². The van der Waals surface area contributed by atoms with Crippen LogP contribution in [0.3, 0.4) is 0 Å². The van der Waals surface area contributed by atoms with E-state index < -0.39 is 6.10 Å². The van der Waals surface area contributed by atoms with Crippen molar-refractivity contribution in [2.75, 3.05) is 11.9 Å². The molecule has 0 radical (unpaired) electrons. The van der Waals surface area contributed by atoms with Crippen molar-refractivity contribution >= 4 is 17.5 Å². The first kappa shape index (κ1) is 17.3. The molecule has 0 aromatic heterocycles. The summed E-state index contributed by atoms with van der Waals surface area (Å²) in [4.78, 5) is 24.3. The number of fused-ring (bicyclic) bond motifs is 1. The third kappa shape index (κ3) is 3.62. The van der Waals surface area contributed by atoms with Gasteiger partial charge in [-0.05, 0) is 50.8 Å². The lowest BCUT2D eigenvalue weighted by atomic mass is 10.0. The van der Waals surface area contributed by atoms with E-state index in [2.05, 4.69) is 10.6 Å². The average molecular weight is 344 g/mol. The fourth-order valence-electron chi connectivity index (χ4n) is 3.08. The Kier molecular flexibility index (Phi) is 4.97. The third-order valence-electron chi connectivity index (χ3n) is 4.63. The molecule has 2 atom stereocenters. The molecule has 3 rings (SSSR count). The van der Waals surface area contributed by atoms with Gasteiger partial charge in [0.2, 0.25) is 0 Å². The first-order chi connectivity index (χ1) is 12.0. The highest BCUT2D eigenvalue weighted by molar-refractivity contribution is 5.97. The molecule has 134 valence electrons. The monoisotopic (exact) mass is 344 g/mol. The zero-order chi connectivity index (χ0) is 18.0. The number of anilines is 1. The van der Waals surface area contributed by atoms with Crippen molar-refractivity contribution in [3.05, 3.63) is 35.1 Å². The Morgan fingerprint density at radius 1 is 1.44 bits per heavy atom. The lowest BCUT2D eigenvalue weighted by Gasteiger charge is -2.26. The van der Waals surface area contributed by atoms with Crippen LogP contribution in [-0.2, 0) is 14.3 Å². The number of allylic oxidation sites excluding steroid dienone is 1. The number of nitrogens with one attached hydrogen (secondary N) is 2. The van der Waals surface area contributed by atoms with Crippen molar-refractivity contribution in [3.63, 3.8) is 0 Å². The second kappa shape index (κ2) is 7.17. The molecule has 25 heavy (non-hydrogen) atoms.